The molecule has 1 aromatic carbocycles. The van der Waals surface area contributed by atoms with Gasteiger partial charge in [0, 0.05) is 5.02 Å². The summed E-state index contributed by atoms with van der Waals surface area (Å²) < 4.78 is 14.5. The standard InChI is InChI=1S/C12H15ClFN/c1-9-2-3-10(8-11(9)13)12(14)4-6-15-7-5-12/h2-3,8,15H,4-7H2,1H3. The fourth-order valence-electron chi connectivity index (χ4n) is 1.98. The van der Waals surface area contributed by atoms with Crippen molar-refractivity contribution in [2.45, 2.75) is 25.4 Å². The van der Waals surface area contributed by atoms with Gasteiger partial charge >= 0.3 is 0 Å². The number of piperidine rings is 1. The van der Waals surface area contributed by atoms with Gasteiger partial charge in [0.25, 0.3) is 0 Å². The van der Waals surface area contributed by atoms with Crippen molar-refractivity contribution < 1.29 is 4.39 Å². The Kier molecular flexibility index (Phi) is 2.98. The van der Waals surface area contributed by atoms with Crippen LogP contribution in [-0.4, -0.2) is 13.1 Å². The zero-order chi connectivity index (χ0) is 10.9. The monoisotopic (exact) mass is 227 g/mol. The molecule has 1 nitrogen and oxygen atoms in total. The highest BCUT2D eigenvalue weighted by Gasteiger charge is 2.33. The Hall–Kier alpha value is -0.600. The Bertz CT molecular complexity index is 359. The van der Waals surface area contributed by atoms with Crippen LogP contribution in [0.3, 0.4) is 0 Å². The number of halogens is 2. The smallest absolute Gasteiger partial charge is 0.138 e. The molecule has 0 amide bonds. The molecule has 0 atom stereocenters. The van der Waals surface area contributed by atoms with E-state index in [-0.39, 0.29) is 0 Å². The summed E-state index contributed by atoms with van der Waals surface area (Å²) in [6.07, 6.45) is 1.07. The zero-order valence-electron chi connectivity index (χ0n) is 8.82. The minimum absolute atomic E-state index is 0.534. The number of nitrogens with one attached hydrogen (secondary N) is 1. The summed E-state index contributed by atoms with van der Waals surface area (Å²) in [6.45, 7) is 3.41. The second-order valence-corrected chi connectivity index (χ2v) is 4.59. The third kappa shape index (κ3) is 2.16. The van der Waals surface area contributed by atoms with E-state index < -0.39 is 5.67 Å². The lowest BCUT2D eigenvalue weighted by molar-refractivity contribution is 0.115. The summed E-state index contributed by atoms with van der Waals surface area (Å²) in [7, 11) is 0. The van der Waals surface area contributed by atoms with Gasteiger partial charge in [0.2, 0.25) is 0 Å². The van der Waals surface area contributed by atoms with Gasteiger partial charge in [-0.2, -0.15) is 0 Å². The zero-order valence-corrected chi connectivity index (χ0v) is 9.57. The molecular weight excluding hydrogens is 213 g/mol. The SMILES string of the molecule is Cc1ccc(C2(F)CCNCC2)cc1Cl. The molecule has 0 spiro atoms. The van der Waals surface area contributed by atoms with Gasteiger partial charge in [-0.3, -0.25) is 0 Å². The fraction of sp³-hybridized carbons (Fsp3) is 0.500. The van der Waals surface area contributed by atoms with E-state index in [2.05, 4.69) is 5.32 Å². The molecule has 15 heavy (non-hydrogen) atoms. The number of rotatable bonds is 1. The summed E-state index contributed by atoms with van der Waals surface area (Å²) in [6, 6.07) is 5.51. The topological polar surface area (TPSA) is 12.0 Å². The highest BCUT2D eigenvalue weighted by molar-refractivity contribution is 6.31. The van der Waals surface area contributed by atoms with Crippen LogP contribution in [0.5, 0.6) is 0 Å². The fourth-order valence-corrected chi connectivity index (χ4v) is 2.16. The maximum absolute atomic E-state index is 14.5. The Balaban J connectivity index is 2.31. The van der Waals surface area contributed by atoms with E-state index in [1.165, 1.54) is 0 Å². The number of hydrogen-bond acceptors (Lipinski definition) is 1. The van der Waals surface area contributed by atoms with Crippen molar-refractivity contribution in [3.63, 3.8) is 0 Å². The average molecular weight is 228 g/mol. The summed E-state index contributed by atoms with van der Waals surface area (Å²) in [5, 5.41) is 3.82. The van der Waals surface area contributed by atoms with Crippen LogP contribution in [-0.2, 0) is 5.67 Å². The molecule has 1 saturated heterocycles. The number of alkyl halides is 1. The van der Waals surface area contributed by atoms with Crippen molar-refractivity contribution in [3.05, 3.63) is 34.3 Å². The minimum atomic E-state index is -1.19. The molecule has 0 aromatic heterocycles. The molecule has 0 bridgehead atoms. The van der Waals surface area contributed by atoms with Crippen molar-refractivity contribution in [1.82, 2.24) is 5.32 Å². The second kappa shape index (κ2) is 4.11. The Morgan fingerprint density at radius 3 is 2.60 bits per heavy atom. The molecule has 0 radical (unpaired) electrons. The quantitative estimate of drug-likeness (QED) is 0.777. The van der Waals surface area contributed by atoms with Crippen molar-refractivity contribution >= 4 is 11.6 Å². The molecule has 1 aliphatic heterocycles. The van der Waals surface area contributed by atoms with Gasteiger partial charge in [-0.25, -0.2) is 4.39 Å². The average Bonchev–Trinajstić information content (AvgIpc) is 2.23. The van der Waals surface area contributed by atoms with Crippen LogP contribution in [0.4, 0.5) is 4.39 Å². The van der Waals surface area contributed by atoms with Crippen molar-refractivity contribution in [2.75, 3.05) is 13.1 Å². The molecular formula is C12H15ClFN. The van der Waals surface area contributed by atoms with Gasteiger partial charge in [0.05, 0.1) is 0 Å². The highest BCUT2D eigenvalue weighted by Crippen LogP contribution is 2.36. The molecule has 82 valence electrons. The van der Waals surface area contributed by atoms with Crippen molar-refractivity contribution in [1.29, 1.82) is 0 Å². The third-order valence-electron chi connectivity index (χ3n) is 3.09. The van der Waals surface area contributed by atoms with E-state index in [1.807, 2.05) is 19.1 Å². The molecule has 0 saturated carbocycles. The van der Waals surface area contributed by atoms with Crippen LogP contribution in [0.15, 0.2) is 18.2 Å². The lowest BCUT2D eigenvalue weighted by atomic mass is 9.86. The first kappa shape index (κ1) is 10.9. The van der Waals surface area contributed by atoms with Crippen molar-refractivity contribution in [3.8, 4) is 0 Å². The molecule has 1 aromatic rings. The van der Waals surface area contributed by atoms with Gasteiger partial charge in [0.1, 0.15) is 5.67 Å². The van der Waals surface area contributed by atoms with Crippen LogP contribution < -0.4 is 5.32 Å². The van der Waals surface area contributed by atoms with Crippen LogP contribution >= 0.6 is 11.6 Å². The number of benzene rings is 1. The predicted molar refractivity (Wildman–Crippen MR) is 61.1 cm³/mol. The van der Waals surface area contributed by atoms with E-state index in [1.54, 1.807) is 6.07 Å². The Labute approximate surface area is 94.6 Å². The van der Waals surface area contributed by atoms with Gasteiger partial charge in [-0.15, -0.1) is 0 Å². The van der Waals surface area contributed by atoms with Crippen LogP contribution in [0, 0.1) is 6.92 Å². The second-order valence-electron chi connectivity index (χ2n) is 4.18. The van der Waals surface area contributed by atoms with Gasteiger partial charge in [0.15, 0.2) is 0 Å². The van der Waals surface area contributed by atoms with E-state index in [0.717, 1.165) is 24.2 Å². The number of aryl methyl sites for hydroxylation is 1. The summed E-state index contributed by atoms with van der Waals surface area (Å²) in [5.74, 6) is 0. The molecule has 1 heterocycles. The first-order valence-electron chi connectivity index (χ1n) is 5.28. The van der Waals surface area contributed by atoms with Crippen LogP contribution in [0.1, 0.15) is 24.0 Å². The lowest BCUT2D eigenvalue weighted by Crippen LogP contribution is -2.36. The summed E-state index contributed by atoms with van der Waals surface area (Å²) in [4.78, 5) is 0. The lowest BCUT2D eigenvalue weighted by Gasteiger charge is -2.30. The van der Waals surface area contributed by atoms with Crippen molar-refractivity contribution in [2.24, 2.45) is 0 Å². The Morgan fingerprint density at radius 1 is 1.33 bits per heavy atom. The molecule has 2 rings (SSSR count). The first-order valence-corrected chi connectivity index (χ1v) is 5.66. The normalized spacial score (nSPS) is 20.2. The van der Waals surface area contributed by atoms with Crippen LogP contribution in [0.2, 0.25) is 5.02 Å². The van der Waals surface area contributed by atoms with E-state index >= 15 is 0 Å². The molecule has 1 N–H and O–H groups in total. The third-order valence-corrected chi connectivity index (χ3v) is 3.49. The Morgan fingerprint density at radius 2 is 2.00 bits per heavy atom. The predicted octanol–water partition coefficient (Wildman–Crippen LogP) is 3.20. The van der Waals surface area contributed by atoms with E-state index in [9.17, 15) is 4.39 Å². The summed E-state index contributed by atoms with van der Waals surface area (Å²) in [5.41, 5.74) is 0.528. The minimum Gasteiger partial charge on any atom is -0.316 e. The summed E-state index contributed by atoms with van der Waals surface area (Å²) >= 11 is 6.01. The van der Waals surface area contributed by atoms with Crippen LogP contribution in [0.25, 0.3) is 0 Å². The van der Waals surface area contributed by atoms with E-state index in [4.69, 9.17) is 11.6 Å². The molecule has 1 aliphatic rings. The maximum Gasteiger partial charge on any atom is 0.138 e. The van der Waals surface area contributed by atoms with E-state index in [0.29, 0.717) is 17.9 Å². The highest BCUT2D eigenvalue weighted by atomic mass is 35.5. The number of hydrogen-bond donors (Lipinski definition) is 1. The molecule has 1 fully saturated rings. The molecule has 3 heteroatoms. The largest absolute Gasteiger partial charge is 0.316 e. The first-order chi connectivity index (χ1) is 7.12. The van der Waals surface area contributed by atoms with Gasteiger partial charge < -0.3 is 5.32 Å². The van der Waals surface area contributed by atoms with Gasteiger partial charge in [-0.1, -0.05) is 23.7 Å². The molecule has 0 unspecified atom stereocenters. The maximum atomic E-state index is 14.5. The van der Waals surface area contributed by atoms with Gasteiger partial charge in [-0.05, 0) is 50.0 Å². The molecule has 0 aliphatic carbocycles.